The Morgan fingerprint density at radius 2 is 2.17 bits per heavy atom. The molecule has 98 valence electrons. The van der Waals surface area contributed by atoms with E-state index in [2.05, 4.69) is 10.1 Å². The minimum absolute atomic E-state index is 0.169. The maximum absolute atomic E-state index is 13.0. The van der Waals surface area contributed by atoms with E-state index in [0.717, 1.165) is 0 Å². The van der Waals surface area contributed by atoms with Gasteiger partial charge in [0.25, 0.3) is 5.91 Å². The Hall–Kier alpha value is -1.18. The van der Waals surface area contributed by atoms with Gasteiger partial charge in [-0.25, -0.2) is 4.39 Å². The Balaban J connectivity index is 2.60. The van der Waals surface area contributed by atoms with Crippen molar-refractivity contribution in [1.29, 1.82) is 0 Å². The van der Waals surface area contributed by atoms with Gasteiger partial charge in [0.2, 0.25) is 0 Å². The highest BCUT2D eigenvalue weighted by atomic mass is 127. The van der Waals surface area contributed by atoms with Crippen molar-refractivity contribution in [1.82, 2.24) is 5.32 Å². The number of methoxy groups -OCH3 is 1. The van der Waals surface area contributed by atoms with Crippen LogP contribution in [0.4, 0.5) is 4.39 Å². The number of carbonyl (C=O) groups is 2. The van der Waals surface area contributed by atoms with Gasteiger partial charge in [0.15, 0.2) is 0 Å². The maximum atomic E-state index is 13.0. The second kappa shape index (κ2) is 6.67. The molecule has 1 N–H and O–H groups in total. The Morgan fingerprint density at radius 1 is 1.50 bits per heavy atom. The molecular weight excluding hydrogens is 352 g/mol. The van der Waals surface area contributed by atoms with E-state index < -0.39 is 9.89 Å². The minimum Gasteiger partial charge on any atom is -0.468 e. The van der Waals surface area contributed by atoms with E-state index in [4.69, 9.17) is 0 Å². The third kappa shape index (κ3) is 3.94. The zero-order valence-electron chi connectivity index (χ0n) is 10.00. The Labute approximate surface area is 118 Å². The van der Waals surface area contributed by atoms with E-state index in [1.54, 1.807) is 6.92 Å². The first-order chi connectivity index (χ1) is 8.45. The van der Waals surface area contributed by atoms with Crippen LogP contribution in [-0.2, 0) is 9.53 Å². The van der Waals surface area contributed by atoms with Crippen molar-refractivity contribution in [3.63, 3.8) is 0 Å². The molecule has 0 fully saturated rings. The molecule has 1 atom stereocenters. The lowest BCUT2D eigenvalue weighted by Gasteiger charge is -2.09. The molecule has 6 heteroatoms. The largest absolute Gasteiger partial charge is 0.468 e. The first kappa shape index (κ1) is 14.9. The number of amides is 1. The topological polar surface area (TPSA) is 55.4 Å². The summed E-state index contributed by atoms with van der Waals surface area (Å²) < 4.78 is 17.1. The van der Waals surface area contributed by atoms with Gasteiger partial charge in [-0.1, -0.05) is 22.6 Å². The van der Waals surface area contributed by atoms with Gasteiger partial charge in [-0.3, -0.25) is 9.59 Å². The SMILES string of the molecule is COC(=O)C(I)CNC(=O)c1ccc(F)c(C)c1. The maximum Gasteiger partial charge on any atom is 0.320 e. The van der Waals surface area contributed by atoms with E-state index in [9.17, 15) is 14.0 Å². The molecule has 0 aromatic heterocycles. The van der Waals surface area contributed by atoms with E-state index in [0.29, 0.717) is 11.1 Å². The average molecular weight is 365 g/mol. The quantitative estimate of drug-likeness (QED) is 0.503. The number of hydrogen-bond acceptors (Lipinski definition) is 3. The van der Waals surface area contributed by atoms with Crippen molar-refractivity contribution in [3.8, 4) is 0 Å². The van der Waals surface area contributed by atoms with Crippen LogP contribution in [0.1, 0.15) is 15.9 Å². The molecule has 0 aliphatic rings. The fourth-order valence-corrected chi connectivity index (χ4v) is 1.76. The van der Waals surface area contributed by atoms with Gasteiger partial charge in [0, 0.05) is 12.1 Å². The van der Waals surface area contributed by atoms with Crippen LogP contribution in [0.2, 0.25) is 0 Å². The fraction of sp³-hybridized carbons (Fsp3) is 0.333. The molecule has 1 unspecified atom stereocenters. The summed E-state index contributed by atoms with van der Waals surface area (Å²) in [7, 11) is 1.29. The lowest BCUT2D eigenvalue weighted by Crippen LogP contribution is -2.33. The van der Waals surface area contributed by atoms with Crippen LogP contribution in [0.15, 0.2) is 18.2 Å². The predicted octanol–water partition coefficient (Wildman–Crippen LogP) is 1.84. The number of esters is 1. The van der Waals surface area contributed by atoms with Gasteiger partial charge < -0.3 is 10.1 Å². The van der Waals surface area contributed by atoms with Crippen LogP contribution < -0.4 is 5.32 Å². The van der Waals surface area contributed by atoms with E-state index in [-0.39, 0.29) is 18.3 Å². The summed E-state index contributed by atoms with van der Waals surface area (Å²) in [6.07, 6.45) is 0. The van der Waals surface area contributed by atoms with Crippen molar-refractivity contribution in [2.75, 3.05) is 13.7 Å². The fourth-order valence-electron chi connectivity index (χ4n) is 1.28. The van der Waals surface area contributed by atoms with E-state index >= 15 is 0 Å². The molecule has 0 bridgehead atoms. The molecule has 0 spiro atoms. The van der Waals surface area contributed by atoms with Gasteiger partial charge >= 0.3 is 5.97 Å². The number of ether oxygens (including phenoxy) is 1. The molecule has 0 aliphatic carbocycles. The average Bonchev–Trinajstić information content (AvgIpc) is 2.37. The second-order valence-electron chi connectivity index (χ2n) is 3.66. The molecular formula is C12H13FINO3. The number of nitrogens with one attached hydrogen (secondary N) is 1. The lowest BCUT2D eigenvalue weighted by molar-refractivity contribution is -0.139. The zero-order chi connectivity index (χ0) is 13.7. The van der Waals surface area contributed by atoms with E-state index in [1.165, 1.54) is 25.3 Å². The number of alkyl halides is 1. The summed E-state index contributed by atoms with van der Waals surface area (Å²) in [5, 5.41) is 2.59. The summed E-state index contributed by atoms with van der Waals surface area (Å²) in [6.45, 7) is 1.75. The van der Waals surface area contributed by atoms with Crippen molar-refractivity contribution in [2.24, 2.45) is 0 Å². The first-order valence-corrected chi connectivity index (χ1v) is 6.46. The monoisotopic (exact) mass is 365 g/mol. The highest BCUT2D eigenvalue weighted by Gasteiger charge is 2.16. The molecule has 1 amide bonds. The molecule has 0 saturated heterocycles. The normalized spacial score (nSPS) is 11.8. The standard InChI is InChI=1S/C12H13FINO3/c1-7-5-8(3-4-9(7)13)11(16)15-6-10(14)12(17)18-2/h3-5,10H,6H2,1-2H3,(H,15,16). The molecule has 18 heavy (non-hydrogen) atoms. The number of benzene rings is 1. The highest BCUT2D eigenvalue weighted by Crippen LogP contribution is 2.09. The molecule has 0 heterocycles. The van der Waals surface area contributed by atoms with Crippen LogP contribution in [0, 0.1) is 12.7 Å². The van der Waals surface area contributed by atoms with Gasteiger partial charge in [0.05, 0.1) is 7.11 Å². The molecule has 0 aliphatic heterocycles. The molecule has 1 aromatic carbocycles. The number of rotatable bonds is 4. The minimum atomic E-state index is -0.446. The number of carbonyl (C=O) groups excluding carboxylic acids is 2. The molecule has 4 nitrogen and oxygen atoms in total. The predicted molar refractivity (Wildman–Crippen MR) is 73.3 cm³/mol. The smallest absolute Gasteiger partial charge is 0.320 e. The van der Waals surface area contributed by atoms with Gasteiger partial charge in [-0.2, -0.15) is 0 Å². The third-order valence-corrected chi connectivity index (χ3v) is 3.27. The molecule has 0 saturated carbocycles. The number of hydrogen-bond donors (Lipinski definition) is 1. The summed E-state index contributed by atoms with van der Waals surface area (Å²) in [6, 6.07) is 4.11. The zero-order valence-corrected chi connectivity index (χ0v) is 12.2. The van der Waals surface area contributed by atoms with Crippen LogP contribution in [0.5, 0.6) is 0 Å². The molecule has 1 aromatic rings. The van der Waals surface area contributed by atoms with Crippen molar-refractivity contribution < 1.29 is 18.7 Å². The number of halogens is 2. The van der Waals surface area contributed by atoms with Crippen molar-refractivity contribution in [3.05, 3.63) is 35.1 Å². The highest BCUT2D eigenvalue weighted by molar-refractivity contribution is 14.1. The van der Waals surface area contributed by atoms with Crippen LogP contribution >= 0.6 is 22.6 Å². The Morgan fingerprint density at radius 3 is 2.72 bits per heavy atom. The summed E-state index contributed by atoms with van der Waals surface area (Å²) in [4.78, 5) is 22.9. The van der Waals surface area contributed by atoms with Crippen LogP contribution in [0.25, 0.3) is 0 Å². The molecule has 0 radical (unpaired) electrons. The van der Waals surface area contributed by atoms with E-state index in [1.807, 2.05) is 22.6 Å². The van der Waals surface area contributed by atoms with Gasteiger partial charge in [-0.05, 0) is 30.7 Å². The molecule has 1 rings (SSSR count). The summed E-state index contributed by atoms with van der Waals surface area (Å²) in [5.74, 6) is -1.09. The Bertz CT molecular complexity index is 465. The lowest BCUT2D eigenvalue weighted by atomic mass is 10.1. The van der Waals surface area contributed by atoms with Crippen LogP contribution in [0.3, 0.4) is 0 Å². The summed E-state index contributed by atoms with van der Waals surface area (Å²) >= 11 is 1.88. The third-order valence-electron chi connectivity index (χ3n) is 2.32. The van der Waals surface area contributed by atoms with Gasteiger partial charge in [-0.15, -0.1) is 0 Å². The Kier molecular flexibility index (Phi) is 5.52. The first-order valence-electron chi connectivity index (χ1n) is 5.22. The van der Waals surface area contributed by atoms with Gasteiger partial charge in [0.1, 0.15) is 9.74 Å². The van der Waals surface area contributed by atoms with Crippen LogP contribution in [-0.4, -0.2) is 29.5 Å². The van der Waals surface area contributed by atoms with Crippen molar-refractivity contribution in [2.45, 2.75) is 10.8 Å². The number of aryl methyl sites for hydroxylation is 1. The summed E-state index contributed by atoms with van der Waals surface area (Å²) in [5.41, 5.74) is 0.768. The van der Waals surface area contributed by atoms with Crippen molar-refractivity contribution >= 4 is 34.5 Å². The second-order valence-corrected chi connectivity index (χ2v) is 5.17.